The van der Waals surface area contributed by atoms with Crippen LogP contribution in [0.2, 0.25) is 0 Å². The van der Waals surface area contributed by atoms with Gasteiger partial charge in [0.05, 0.1) is 5.56 Å². The molecule has 3 N–H and O–H groups in total. The van der Waals surface area contributed by atoms with Crippen molar-refractivity contribution in [2.45, 2.75) is 6.54 Å². The van der Waals surface area contributed by atoms with Crippen molar-refractivity contribution in [3.63, 3.8) is 0 Å². The summed E-state index contributed by atoms with van der Waals surface area (Å²) >= 11 is 0. The molecule has 4 aromatic rings. The van der Waals surface area contributed by atoms with Crippen molar-refractivity contribution in [2.24, 2.45) is 0 Å². The monoisotopic (exact) mass is 429 g/mol. The number of rotatable bonds is 7. The first-order valence-corrected chi connectivity index (χ1v) is 10.2. The van der Waals surface area contributed by atoms with Gasteiger partial charge in [0.15, 0.2) is 17.3 Å². The zero-order chi connectivity index (χ0) is 21.9. The zero-order valence-electron chi connectivity index (χ0n) is 17.8. The number of anilines is 4. The summed E-state index contributed by atoms with van der Waals surface area (Å²) in [6, 6.07) is 17.8. The number of benzene rings is 2. The number of nitrogens with zero attached hydrogens (tertiary/aromatic N) is 4. The highest BCUT2D eigenvalue weighted by Crippen LogP contribution is 2.33. The quantitative estimate of drug-likeness (QED) is 0.405. The number of aromatic amines is 1. The summed E-state index contributed by atoms with van der Waals surface area (Å²) in [6.07, 6.45) is 1.74. The van der Waals surface area contributed by atoms with Gasteiger partial charge in [-0.2, -0.15) is 0 Å². The molecule has 0 bridgehead atoms. The predicted octanol–water partition coefficient (Wildman–Crippen LogP) is 4.02. The van der Waals surface area contributed by atoms with E-state index in [0.29, 0.717) is 24.1 Å². The van der Waals surface area contributed by atoms with Gasteiger partial charge in [-0.3, -0.25) is 0 Å². The van der Waals surface area contributed by atoms with Crippen LogP contribution in [0.4, 0.5) is 23.1 Å². The molecular formula is C23H23N7O2. The van der Waals surface area contributed by atoms with E-state index < -0.39 is 0 Å². The molecule has 0 saturated carbocycles. The summed E-state index contributed by atoms with van der Waals surface area (Å²) in [5, 5.41) is 15.2. The Kier molecular flexibility index (Phi) is 5.20. The Morgan fingerprint density at radius 3 is 2.69 bits per heavy atom. The van der Waals surface area contributed by atoms with E-state index in [1.807, 2.05) is 68.7 Å². The second kappa shape index (κ2) is 8.46. The molecule has 1 aliphatic rings. The Hall–Kier alpha value is -4.27. The normalized spacial score (nSPS) is 11.9. The van der Waals surface area contributed by atoms with Gasteiger partial charge in [0.25, 0.3) is 0 Å². The van der Waals surface area contributed by atoms with E-state index in [9.17, 15) is 0 Å². The van der Waals surface area contributed by atoms with Crippen molar-refractivity contribution in [3.8, 4) is 22.9 Å². The zero-order valence-corrected chi connectivity index (χ0v) is 17.8. The van der Waals surface area contributed by atoms with E-state index >= 15 is 0 Å². The van der Waals surface area contributed by atoms with Gasteiger partial charge < -0.3 is 30.0 Å². The number of H-pyrrole nitrogens is 1. The first-order valence-electron chi connectivity index (χ1n) is 10.2. The smallest absolute Gasteiger partial charge is 0.231 e. The number of nitrogens with one attached hydrogen (secondary N) is 3. The van der Waals surface area contributed by atoms with Gasteiger partial charge in [-0.1, -0.05) is 6.07 Å². The maximum absolute atomic E-state index is 5.46. The summed E-state index contributed by atoms with van der Waals surface area (Å²) in [4.78, 5) is 9.76. The Morgan fingerprint density at radius 2 is 1.84 bits per heavy atom. The van der Waals surface area contributed by atoms with Gasteiger partial charge in [0, 0.05) is 38.2 Å². The summed E-state index contributed by atoms with van der Waals surface area (Å²) in [6.45, 7) is 0.844. The van der Waals surface area contributed by atoms with Gasteiger partial charge in [-0.25, -0.2) is 4.98 Å². The van der Waals surface area contributed by atoms with Crippen LogP contribution in [-0.2, 0) is 6.54 Å². The molecule has 3 heterocycles. The number of hydrogen-bond acceptors (Lipinski definition) is 8. The van der Waals surface area contributed by atoms with E-state index in [1.54, 1.807) is 6.20 Å². The van der Waals surface area contributed by atoms with Crippen molar-refractivity contribution in [3.05, 3.63) is 66.4 Å². The lowest BCUT2D eigenvalue weighted by atomic mass is 10.2. The van der Waals surface area contributed by atoms with Crippen LogP contribution < -0.4 is 25.0 Å². The van der Waals surface area contributed by atoms with Crippen molar-refractivity contribution < 1.29 is 9.47 Å². The fraction of sp³-hybridized carbons (Fsp3) is 0.174. The lowest BCUT2D eigenvalue weighted by Gasteiger charge is -2.12. The van der Waals surface area contributed by atoms with Crippen LogP contribution in [0.1, 0.15) is 5.56 Å². The largest absolute Gasteiger partial charge is 0.454 e. The molecule has 5 rings (SSSR count). The van der Waals surface area contributed by atoms with Crippen LogP contribution >= 0.6 is 0 Å². The van der Waals surface area contributed by atoms with E-state index in [0.717, 1.165) is 34.0 Å². The van der Waals surface area contributed by atoms with Crippen molar-refractivity contribution >= 4 is 23.1 Å². The molecular weight excluding hydrogens is 406 g/mol. The van der Waals surface area contributed by atoms with Crippen LogP contribution in [0, 0.1) is 0 Å². The number of fused-ring (bicyclic) bond motifs is 1. The second-order valence-electron chi connectivity index (χ2n) is 7.53. The molecule has 162 valence electrons. The highest BCUT2D eigenvalue weighted by Gasteiger charge is 2.14. The average molecular weight is 429 g/mol. The van der Waals surface area contributed by atoms with Crippen LogP contribution in [0.15, 0.2) is 60.8 Å². The van der Waals surface area contributed by atoms with E-state index in [1.165, 1.54) is 0 Å². The minimum Gasteiger partial charge on any atom is -0.454 e. The molecule has 9 nitrogen and oxygen atoms in total. The topological polar surface area (TPSA) is 100 Å². The standard InChI is InChI=1S/C23H23N7O2/c1-30(2)17-8-6-16(7-9-17)26-23-27-22(28-29-23)18-4-3-11-24-21(18)25-13-15-5-10-19-20(12-15)32-14-31-19/h3-12H,13-14H2,1-2H3,(H,24,25)(H2,26,27,28,29). The molecule has 32 heavy (non-hydrogen) atoms. The molecule has 0 spiro atoms. The van der Waals surface area contributed by atoms with E-state index in [4.69, 9.17) is 9.47 Å². The average Bonchev–Trinajstić information content (AvgIpc) is 3.47. The summed E-state index contributed by atoms with van der Waals surface area (Å²) in [7, 11) is 4.02. The lowest BCUT2D eigenvalue weighted by Crippen LogP contribution is -2.08. The van der Waals surface area contributed by atoms with Gasteiger partial charge in [-0.05, 0) is 54.1 Å². The van der Waals surface area contributed by atoms with Gasteiger partial charge in [0.1, 0.15) is 5.82 Å². The minimum absolute atomic E-state index is 0.262. The molecule has 0 unspecified atom stereocenters. The fourth-order valence-corrected chi connectivity index (χ4v) is 3.39. The maximum Gasteiger partial charge on any atom is 0.231 e. The van der Waals surface area contributed by atoms with Crippen LogP contribution in [0.5, 0.6) is 11.5 Å². The fourth-order valence-electron chi connectivity index (χ4n) is 3.39. The second-order valence-corrected chi connectivity index (χ2v) is 7.53. The molecule has 9 heteroatoms. The highest BCUT2D eigenvalue weighted by molar-refractivity contribution is 5.71. The number of hydrogen-bond donors (Lipinski definition) is 3. The lowest BCUT2D eigenvalue weighted by molar-refractivity contribution is 0.174. The molecule has 2 aromatic carbocycles. The van der Waals surface area contributed by atoms with Gasteiger partial charge >= 0.3 is 0 Å². The molecule has 0 radical (unpaired) electrons. The SMILES string of the molecule is CN(C)c1ccc(Nc2nnc(-c3cccnc3NCc3ccc4c(c3)OCO4)[nH]2)cc1. The Balaban J connectivity index is 1.30. The number of ether oxygens (including phenoxy) is 2. The van der Waals surface area contributed by atoms with Crippen LogP contribution in [-0.4, -0.2) is 41.1 Å². The highest BCUT2D eigenvalue weighted by atomic mass is 16.7. The molecule has 2 aromatic heterocycles. The van der Waals surface area contributed by atoms with Crippen molar-refractivity contribution in [2.75, 3.05) is 36.4 Å². The van der Waals surface area contributed by atoms with Gasteiger partial charge in [-0.15, -0.1) is 10.2 Å². The van der Waals surface area contributed by atoms with Crippen molar-refractivity contribution in [1.82, 2.24) is 20.2 Å². The first-order chi connectivity index (χ1) is 15.7. The van der Waals surface area contributed by atoms with Crippen molar-refractivity contribution in [1.29, 1.82) is 0 Å². The Morgan fingerprint density at radius 1 is 1.00 bits per heavy atom. The summed E-state index contributed by atoms with van der Waals surface area (Å²) < 4.78 is 10.8. The third-order valence-corrected chi connectivity index (χ3v) is 5.09. The summed E-state index contributed by atoms with van der Waals surface area (Å²) in [5.41, 5.74) is 3.94. The number of aromatic nitrogens is 4. The number of pyridine rings is 1. The molecule has 0 atom stereocenters. The van der Waals surface area contributed by atoms with Crippen LogP contribution in [0.25, 0.3) is 11.4 Å². The van der Waals surface area contributed by atoms with E-state index in [-0.39, 0.29) is 6.79 Å². The minimum atomic E-state index is 0.262. The third kappa shape index (κ3) is 4.13. The predicted molar refractivity (Wildman–Crippen MR) is 124 cm³/mol. The molecule has 1 aliphatic heterocycles. The van der Waals surface area contributed by atoms with Gasteiger partial charge in [0.2, 0.25) is 12.7 Å². The van der Waals surface area contributed by atoms with Crippen LogP contribution in [0.3, 0.4) is 0 Å². The Bertz CT molecular complexity index is 1220. The summed E-state index contributed by atoms with van der Waals surface area (Å²) in [5.74, 6) is 3.42. The van der Waals surface area contributed by atoms with E-state index in [2.05, 4.69) is 35.7 Å². The third-order valence-electron chi connectivity index (χ3n) is 5.09. The Labute approximate surface area is 185 Å². The molecule has 0 saturated heterocycles. The molecule has 0 fully saturated rings. The maximum atomic E-state index is 5.46. The molecule has 0 aliphatic carbocycles. The molecule has 0 amide bonds. The first kappa shape index (κ1) is 19.7.